The molecule has 2 aromatic heterocycles. The SMILES string of the molecule is COc1ccc(Cl)cc1NC(=O)c1c(NCc2cccnc2)sc2c1CC[C@@H](C)C2. The predicted octanol–water partition coefficient (Wildman–Crippen LogP) is 5.79. The van der Waals surface area contributed by atoms with E-state index in [1.54, 1.807) is 42.8 Å². The van der Waals surface area contributed by atoms with Crippen molar-refractivity contribution < 1.29 is 9.53 Å². The number of carbonyl (C=O) groups excluding carboxylic acids is 1. The van der Waals surface area contributed by atoms with Gasteiger partial charge in [-0.05, 0) is 60.6 Å². The highest BCUT2D eigenvalue weighted by Gasteiger charge is 2.28. The molecule has 2 N–H and O–H groups in total. The molecular formula is C23H24ClN3O2S. The molecule has 30 heavy (non-hydrogen) atoms. The van der Waals surface area contributed by atoms with Crippen molar-refractivity contribution in [3.63, 3.8) is 0 Å². The topological polar surface area (TPSA) is 63.2 Å². The summed E-state index contributed by atoms with van der Waals surface area (Å²) in [5, 5.41) is 7.92. The number of anilines is 2. The maximum atomic E-state index is 13.4. The molecular weight excluding hydrogens is 418 g/mol. The first kappa shape index (κ1) is 20.7. The zero-order valence-electron chi connectivity index (χ0n) is 17.0. The van der Waals surface area contributed by atoms with Gasteiger partial charge in [0.15, 0.2) is 0 Å². The Morgan fingerprint density at radius 3 is 3.00 bits per heavy atom. The summed E-state index contributed by atoms with van der Waals surface area (Å²) in [6.45, 7) is 2.88. The molecule has 1 aliphatic carbocycles. The Morgan fingerprint density at radius 1 is 1.37 bits per heavy atom. The zero-order valence-corrected chi connectivity index (χ0v) is 18.6. The molecule has 0 aliphatic heterocycles. The third-order valence-corrected chi connectivity index (χ3v) is 6.77. The van der Waals surface area contributed by atoms with E-state index >= 15 is 0 Å². The van der Waals surface area contributed by atoms with Crippen molar-refractivity contribution in [2.45, 2.75) is 32.7 Å². The van der Waals surface area contributed by atoms with Gasteiger partial charge in [-0.3, -0.25) is 9.78 Å². The minimum Gasteiger partial charge on any atom is -0.495 e. The molecule has 0 radical (unpaired) electrons. The molecule has 0 spiro atoms. The number of fused-ring (bicyclic) bond motifs is 1. The maximum Gasteiger partial charge on any atom is 0.259 e. The smallest absolute Gasteiger partial charge is 0.259 e. The molecule has 7 heteroatoms. The van der Waals surface area contributed by atoms with E-state index < -0.39 is 0 Å². The highest BCUT2D eigenvalue weighted by molar-refractivity contribution is 7.16. The van der Waals surface area contributed by atoms with Gasteiger partial charge in [0.25, 0.3) is 5.91 Å². The Hall–Kier alpha value is -2.57. The van der Waals surface area contributed by atoms with Crippen LogP contribution in [0.1, 0.15) is 39.7 Å². The molecule has 156 valence electrons. The van der Waals surface area contributed by atoms with Gasteiger partial charge in [0, 0.05) is 28.8 Å². The molecule has 3 aromatic rings. The summed E-state index contributed by atoms with van der Waals surface area (Å²) in [5.74, 6) is 1.07. The average Bonchev–Trinajstić information content (AvgIpc) is 3.10. The van der Waals surface area contributed by atoms with Gasteiger partial charge in [-0.2, -0.15) is 0 Å². The highest BCUT2D eigenvalue weighted by atomic mass is 35.5. The van der Waals surface area contributed by atoms with E-state index in [0.717, 1.165) is 41.0 Å². The van der Waals surface area contributed by atoms with Crippen LogP contribution >= 0.6 is 22.9 Å². The Labute approximate surface area is 185 Å². The monoisotopic (exact) mass is 441 g/mol. The van der Waals surface area contributed by atoms with Crippen molar-refractivity contribution in [2.24, 2.45) is 5.92 Å². The third kappa shape index (κ3) is 4.45. The summed E-state index contributed by atoms with van der Waals surface area (Å²) >= 11 is 7.83. The molecule has 1 atom stereocenters. The van der Waals surface area contributed by atoms with Gasteiger partial charge < -0.3 is 15.4 Å². The molecule has 1 aliphatic rings. The number of pyridine rings is 1. The van der Waals surface area contributed by atoms with Gasteiger partial charge in [-0.15, -0.1) is 11.3 Å². The van der Waals surface area contributed by atoms with Crippen LogP contribution in [-0.4, -0.2) is 18.0 Å². The predicted molar refractivity (Wildman–Crippen MR) is 123 cm³/mol. The van der Waals surface area contributed by atoms with Gasteiger partial charge in [0.2, 0.25) is 0 Å². The first-order valence-corrected chi connectivity index (χ1v) is 11.2. The number of amides is 1. The van der Waals surface area contributed by atoms with Gasteiger partial charge >= 0.3 is 0 Å². The maximum absolute atomic E-state index is 13.4. The van der Waals surface area contributed by atoms with Crippen LogP contribution in [0.25, 0.3) is 0 Å². The minimum absolute atomic E-state index is 0.142. The summed E-state index contributed by atoms with van der Waals surface area (Å²) in [5.41, 5.74) is 3.52. The molecule has 5 nitrogen and oxygen atoms in total. The van der Waals surface area contributed by atoms with E-state index in [0.29, 0.717) is 28.9 Å². The molecule has 2 heterocycles. The normalized spacial score (nSPS) is 15.4. The molecule has 0 saturated carbocycles. The molecule has 0 saturated heterocycles. The number of rotatable bonds is 6. The van der Waals surface area contributed by atoms with Crippen LogP contribution in [0.4, 0.5) is 10.7 Å². The summed E-state index contributed by atoms with van der Waals surface area (Å²) in [7, 11) is 1.58. The van der Waals surface area contributed by atoms with Crippen LogP contribution < -0.4 is 15.4 Å². The standard InChI is InChI=1S/C23H24ClN3O2S/c1-14-5-7-17-20(10-14)30-23(26-13-15-4-3-9-25-12-15)21(17)22(28)27-18-11-16(24)6-8-19(18)29-2/h3-4,6,8-9,11-12,14,26H,5,7,10,13H2,1-2H3,(H,27,28)/t14-/m1/s1. The number of benzene rings is 1. The van der Waals surface area contributed by atoms with Crippen molar-refractivity contribution in [3.05, 3.63) is 69.3 Å². The van der Waals surface area contributed by atoms with Crippen molar-refractivity contribution >= 4 is 39.5 Å². The van der Waals surface area contributed by atoms with Crippen molar-refractivity contribution in [1.29, 1.82) is 0 Å². The fraction of sp³-hybridized carbons (Fsp3) is 0.304. The largest absolute Gasteiger partial charge is 0.495 e. The number of nitrogens with one attached hydrogen (secondary N) is 2. The van der Waals surface area contributed by atoms with Gasteiger partial charge in [0.05, 0.1) is 18.4 Å². The van der Waals surface area contributed by atoms with Crippen molar-refractivity contribution in [1.82, 2.24) is 4.98 Å². The molecule has 1 amide bonds. The van der Waals surface area contributed by atoms with E-state index in [2.05, 4.69) is 22.5 Å². The summed E-state index contributed by atoms with van der Waals surface area (Å²) in [4.78, 5) is 18.9. The van der Waals surface area contributed by atoms with Crippen molar-refractivity contribution in [2.75, 3.05) is 17.7 Å². The number of methoxy groups -OCH3 is 1. The van der Waals surface area contributed by atoms with Crippen LogP contribution in [0.2, 0.25) is 5.02 Å². The average molecular weight is 442 g/mol. The summed E-state index contributed by atoms with van der Waals surface area (Å²) in [6, 6.07) is 9.14. The third-order valence-electron chi connectivity index (χ3n) is 5.32. The first-order chi connectivity index (χ1) is 14.5. The second-order valence-corrected chi connectivity index (χ2v) is 9.11. The van der Waals surface area contributed by atoms with E-state index in [1.807, 2.05) is 18.3 Å². The van der Waals surface area contributed by atoms with E-state index in [9.17, 15) is 4.79 Å². The number of thiophene rings is 1. The molecule has 1 aromatic carbocycles. The highest BCUT2D eigenvalue weighted by Crippen LogP contribution is 2.40. The molecule has 0 unspecified atom stereocenters. The fourth-order valence-electron chi connectivity index (χ4n) is 3.76. The van der Waals surface area contributed by atoms with E-state index in [-0.39, 0.29) is 5.91 Å². The van der Waals surface area contributed by atoms with Crippen LogP contribution in [0.15, 0.2) is 42.7 Å². The minimum atomic E-state index is -0.142. The number of nitrogens with zero attached hydrogens (tertiary/aromatic N) is 1. The Bertz CT molecular complexity index is 1050. The van der Waals surface area contributed by atoms with E-state index in [4.69, 9.17) is 16.3 Å². The zero-order chi connectivity index (χ0) is 21.1. The Kier molecular flexibility index (Phi) is 6.25. The quantitative estimate of drug-likeness (QED) is 0.507. The second kappa shape index (κ2) is 9.06. The molecule has 0 fully saturated rings. The van der Waals surface area contributed by atoms with Crippen molar-refractivity contribution in [3.8, 4) is 5.75 Å². The number of hydrogen-bond donors (Lipinski definition) is 2. The second-order valence-electron chi connectivity index (χ2n) is 7.57. The van der Waals surface area contributed by atoms with Gasteiger partial charge in [-0.1, -0.05) is 24.6 Å². The number of hydrogen-bond acceptors (Lipinski definition) is 5. The lowest BCUT2D eigenvalue weighted by molar-refractivity contribution is 0.102. The molecule has 4 rings (SSSR count). The lowest BCUT2D eigenvalue weighted by Gasteiger charge is -2.19. The van der Waals surface area contributed by atoms with Crippen LogP contribution in [0.5, 0.6) is 5.75 Å². The fourth-order valence-corrected chi connectivity index (χ4v) is 5.34. The lowest BCUT2D eigenvalue weighted by atomic mass is 9.88. The number of aromatic nitrogens is 1. The van der Waals surface area contributed by atoms with Gasteiger partial charge in [-0.25, -0.2) is 0 Å². The van der Waals surface area contributed by atoms with Gasteiger partial charge in [0.1, 0.15) is 10.8 Å². The van der Waals surface area contributed by atoms with Crippen LogP contribution in [0.3, 0.4) is 0 Å². The number of halogens is 1. The summed E-state index contributed by atoms with van der Waals surface area (Å²) < 4.78 is 5.39. The lowest BCUT2D eigenvalue weighted by Crippen LogP contribution is -2.18. The Balaban J connectivity index is 1.65. The van der Waals surface area contributed by atoms with E-state index in [1.165, 1.54) is 4.88 Å². The number of carbonyl (C=O) groups is 1. The first-order valence-electron chi connectivity index (χ1n) is 9.97. The number of ether oxygens (including phenoxy) is 1. The molecule has 0 bridgehead atoms. The Morgan fingerprint density at radius 2 is 2.23 bits per heavy atom. The van der Waals surface area contributed by atoms with Crippen LogP contribution in [0, 0.1) is 5.92 Å². The van der Waals surface area contributed by atoms with Crippen LogP contribution in [-0.2, 0) is 19.4 Å². The summed E-state index contributed by atoms with van der Waals surface area (Å²) in [6.07, 6.45) is 6.60.